The molecule has 14 heavy (non-hydrogen) atoms. The highest BCUT2D eigenvalue weighted by Crippen LogP contribution is 2.23. The monoisotopic (exact) mass is 214 g/mol. The number of rotatable bonds is 6. The van der Waals surface area contributed by atoms with Gasteiger partial charge in [0.05, 0.1) is 6.10 Å². The Hall–Kier alpha value is -0.290. The van der Waals surface area contributed by atoms with Gasteiger partial charge in [0, 0.05) is 20.1 Å². The highest BCUT2D eigenvalue weighted by molar-refractivity contribution is 4.63. The smallest absolute Gasteiger partial charge is 0.389 e. The number of ether oxygens (including phenoxy) is 1. The molecular weight excluding hydrogens is 197 g/mol. The summed E-state index contributed by atoms with van der Waals surface area (Å²) in [5.41, 5.74) is 0. The van der Waals surface area contributed by atoms with Crippen LogP contribution in [-0.4, -0.2) is 31.1 Å². The van der Waals surface area contributed by atoms with E-state index in [9.17, 15) is 18.3 Å². The molecule has 0 fully saturated rings. The molecule has 0 radical (unpaired) electrons. The quantitative estimate of drug-likeness (QED) is 0.735. The molecule has 0 bridgehead atoms. The zero-order valence-corrected chi connectivity index (χ0v) is 8.47. The zero-order valence-electron chi connectivity index (χ0n) is 8.47. The van der Waals surface area contributed by atoms with Crippen LogP contribution in [0.2, 0.25) is 0 Å². The second-order valence-corrected chi connectivity index (χ2v) is 3.60. The van der Waals surface area contributed by atoms with Crippen LogP contribution in [0.25, 0.3) is 0 Å². The minimum atomic E-state index is -4.18. The summed E-state index contributed by atoms with van der Waals surface area (Å²) in [4.78, 5) is 0. The molecule has 0 aromatic carbocycles. The van der Waals surface area contributed by atoms with Crippen LogP contribution in [0.15, 0.2) is 0 Å². The lowest BCUT2D eigenvalue weighted by molar-refractivity contribution is -0.140. The van der Waals surface area contributed by atoms with Crippen molar-refractivity contribution in [3.63, 3.8) is 0 Å². The van der Waals surface area contributed by atoms with Crippen LogP contribution in [0, 0.1) is 5.92 Å². The first-order chi connectivity index (χ1) is 6.35. The molecule has 0 rings (SSSR count). The lowest BCUT2D eigenvalue weighted by Gasteiger charge is -2.16. The Morgan fingerprint density at radius 3 is 2.36 bits per heavy atom. The topological polar surface area (TPSA) is 29.5 Å². The van der Waals surface area contributed by atoms with E-state index in [0.29, 0.717) is 13.0 Å². The normalized spacial score (nSPS) is 16.7. The van der Waals surface area contributed by atoms with E-state index in [4.69, 9.17) is 4.74 Å². The van der Waals surface area contributed by atoms with Gasteiger partial charge in [0.2, 0.25) is 0 Å². The van der Waals surface area contributed by atoms with Crippen LogP contribution in [0.1, 0.15) is 26.2 Å². The molecule has 0 aromatic rings. The average Bonchev–Trinajstić information content (AvgIpc) is 2.00. The second kappa shape index (κ2) is 6.24. The highest BCUT2D eigenvalue weighted by atomic mass is 19.4. The van der Waals surface area contributed by atoms with Gasteiger partial charge in [-0.1, -0.05) is 6.92 Å². The maximum Gasteiger partial charge on any atom is 0.389 e. The number of methoxy groups -OCH3 is 1. The maximum atomic E-state index is 11.8. The van der Waals surface area contributed by atoms with E-state index < -0.39 is 18.7 Å². The van der Waals surface area contributed by atoms with Crippen LogP contribution < -0.4 is 0 Å². The van der Waals surface area contributed by atoms with Gasteiger partial charge in [-0.3, -0.25) is 0 Å². The Balaban J connectivity index is 3.59. The van der Waals surface area contributed by atoms with Gasteiger partial charge in [-0.05, 0) is 18.8 Å². The standard InChI is InChI=1S/C9H17F3O2/c1-7(6-14-2)5-8(13)3-4-9(10,11)12/h7-8,13H,3-6H2,1-2H3. The molecule has 1 N–H and O–H groups in total. The third-order valence-electron chi connectivity index (χ3n) is 1.89. The third-order valence-corrected chi connectivity index (χ3v) is 1.89. The van der Waals surface area contributed by atoms with Gasteiger partial charge in [-0.25, -0.2) is 0 Å². The first kappa shape index (κ1) is 13.7. The molecule has 0 aromatic heterocycles. The van der Waals surface area contributed by atoms with Crippen molar-refractivity contribution in [3.8, 4) is 0 Å². The second-order valence-electron chi connectivity index (χ2n) is 3.60. The summed E-state index contributed by atoms with van der Waals surface area (Å²) in [5, 5.41) is 9.25. The molecule has 0 saturated carbocycles. The molecule has 86 valence electrons. The van der Waals surface area contributed by atoms with Gasteiger partial charge in [-0.2, -0.15) is 13.2 Å². The minimum Gasteiger partial charge on any atom is -0.393 e. The first-order valence-electron chi connectivity index (χ1n) is 4.59. The van der Waals surface area contributed by atoms with E-state index in [0.717, 1.165) is 0 Å². The number of hydrogen-bond acceptors (Lipinski definition) is 2. The Morgan fingerprint density at radius 1 is 1.36 bits per heavy atom. The summed E-state index contributed by atoms with van der Waals surface area (Å²) in [6.45, 7) is 2.30. The number of hydrogen-bond donors (Lipinski definition) is 1. The Kier molecular flexibility index (Phi) is 6.11. The van der Waals surface area contributed by atoms with Gasteiger partial charge in [0.15, 0.2) is 0 Å². The van der Waals surface area contributed by atoms with E-state index in [1.54, 1.807) is 0 Å². The van der Waals surface area contributed by atoms with Crippen molar-refractivity contribution in [2.75, 3.05) is 13.7 Å². The van der Waals surface area contributed by atoms with Crippen LogP contribution in [-0.2, 0) is 4.74 Å². The van der Waals surface area contributed by atoms with Crippen molar-refractivity contribution < 1.29 is 23.0 Å². The van der Waals surface area contributed by atoms with Gasteiger partial charge in [0.25, 0.3) is 0 Å². The molecule has 0 saturated heterocycles. The Bertz CT molecular complexity index is 147. The lowest BCUT2D eigenvalue weighted by atomic mass is 10.0. The average molecular weight is 214 g/mol. The van der Waals surface area contributed by atoms with E-state index in [1.165, 1.54) is 7.11 Å². The minimum absolute atomic E-state index is 0.0863. The summed E-state index contributed by atoms with van der Waals surface area (Å²) in [7, 11) is 1.53. The van der Waals surface area contributed by atoms with Crippen molar-refractivity contribution in [2.24, 2.45) is 5.92 Å². The number of aliphatic hydroxyl groups is 1. The van der Waals surface area contributed by atoms with Crippen LogP contribution in [0.5, 0.6) is 0 Å². The maximum absolute atomic E-state index is 11.8. The van der Waals surface area contributed by atoms with Gasteiger partial charge in [0.1, 0.15) is 0 Å². The van der Waals surface area contributed by atoms with Gasteiger partial charge < -0.3 is 9.84 Å². The summed E-state index contributed by atoms with van der Waals surface area (Å²) in [6, 6.07) is 0. The SMILES string of the molecule is COCC(C)CC(O)CCC(F)(F)F. The molecule has 0 aliphatic carbocycles. The third kappa shape index (κ3) is 8.31. The van der Waals surface area contributed by atoms with Gasteiger partial charge >= 0.3 is 6.18 Å². The van der Waals surface area contributed by atoms with Crippen molar-refractivity contribution in [2.45, 2.75) is 38.5 Å². The van der Waals surface area contributed by atoms with Crippen molar-refractivity contribution in [1.29, 1.82) is 0 Å². The molecule has 2 atom stereocenters. The van der Waals surface area contributed by atoms with E-state index in [2.05, 4.69) is 0 Å². The van der Waals surface area contributed by atoms with E-state index in [1.807, 2.05) is 6.92 Å². The summed E-state index contributed by atoms with van der Waals surface area (Å²) < 4.78 is 40.1. The molecule has 2 unspecified atom stereocenters. The van der Waals surface area contributed by atoms with Crippen LogP contribution in [0.3, 0.4) is 0 Å². The molecule has 5 heteroatoms. The molecule has 0 amide bonds. The van der Waals surface area contributed by atoms with Crippen LogP contribution >= 0.6 is 0 Å². The largest absolute Gasteiger partial charge is 0.393 e. The zero-order chi connectivity index (χ0) is 11.2. The number of halogens is 3. The number of alkyl halides is 3. The predicted octanol–water partition coefficient (Wildman–Crippen LogP) is 2.36. The van der Waals surface area contributed by atoms with Crippen molar-refractivity contribution >= 4 is 0 Å². The lowest BCUT2D eigenvalue weighted by Crippen LogP contribution is -2.18. The first-order valence-corrected chi connectivity index (χ1v) is 4.59. The Labute approximate surface area is 82.1 Å². The van der Waals surface area contributed by atoms with E-state index in [-0.39, 0.29) is 12.3 Å². The fraction of sp³-hybridized carbons (Fsp3) is 1.00. The van der Waals surface area contributed by atoms with Crippen molar-refractivity contribution in [3.05, 3.63) is 0 Å². The van der Waals surface area contributed by atoms with E-state index >= 15 is 0 Å². The summed E-state index contributed by atoms with van der Waals surface area (Å²) in [5.74, 6) is 0.0863. The number of aliphatic hydroxyl groups excluding tert-OH is 1. The molecule has 2 nitrogen and oxygen atoms in total. The van der Waals surface area contributed by atoms with Crippen LogP contribution in [0.4, 0.5) is 13.2 Å². The molecule has 0 spiro atoms. The summed E-state index contributed by atoms with van der Waals surface area (Å²) >= 11 is 0. The van der Waals surface area contributed by atoms with Crippen molar-refractivity contribution in [1.82, 2.24) is 0 Å². The highest BCUT2D eigenvalue weighted by Gasteiger charge is 2.28. The molecule has 0 aliphatic rings. The Morgan fingerprint density at radius 2 is 1.93 bits per heavy atom. The molecule has 0 heterocycles. The van der Waals surface area contributed by atoms with Gasteiger partial charge in [-0.15, -0.1) is 0 Å². The summed E-state index contributed by atoms with van der Waals surface area (Å²) in [6.07, 6.45) is -5.86. The molecular formula is C9H17F3O2. The fourth-order valence-electron chi connectivity index (χ4n) is 1.27. The molecule has 0 aliphatic heterocycles. The predicted molar refractivity (Wildman–Crippen MR) is 47.0 cm³/mol. The fourth-order valence-corrected chi connectivity index (χ4v) is 1.27.